The van der Waals surface area contributed by atoms with Crippen molar-refractivity contribution in [1.29, 1.82) is 0 Å². The van der Waals surface area contributed by atoms with Gasteiger partial charge in [0.15, 0.2) is 0 Å². The summed E-state index contributed by atoms with van der Waals surface area (Å²) in [6.45, 7) is 0. The number of methoxy groups -OCH3 is 1. The molecule has 0 aliphatic carbocycles. The van der Waals surface area contributed by atoms with Gasteiger partial charge in [0.05, 0.1) is 24.1 Å². The Bertz CT molecular complexity index is 985. The van der Waals surface area contributed by atoms with E-state index in [1.54, 1.807) is 12.0 Å². The summed E-state index contributed by atoms with van der Waals surface area (Å²) in [4.78, 5) is 15.0. The number of aromatic nitrogens is 1. The van der Waals surface area contributed by atoms with Crippen molar-refractivity contribution in [2.75, 3.05) is 12.0 Å². The van der Waals surface area contributed by atoms with Crippen LogP contribution in [0.25, 0.3) is 11.6 Å². The van der Waals surface area contributed by atoms with Crippen LogP contribution in [0, 0.1) is 0 Å². The van der Waals surface area contributed by atoms with E-state index in [1.165, 1.54) is 0 Å². The van der Waals surface area contributed by atoms with Crippen molar-refractivity contribution in [2.24, 2.45) is 7.05 Å². The van der Waals surface area contributed by atoms with E-state index < -0.39 is 0 Å². The maximum Gasteiger partial charge on any atom is 0.263 e. The highest BCUT2D eigenvalue weighted by molar-refractivity contribution is 6.37. The van der Waals surface area contributed by atoms with Gasteiger partial charge in [-0.05, 0) is 36.4 Å². The van der Waals surface area contributed by atoms with Gasteiger partial charge >= 0.3 is 0 Å². The van der Waals surface area contributed by atoms with E-state index in [0.29, 0.717) is 5.57 Å². The third-order valence-corrected chi connectivity index (χ3v) is 4.46. The summed E-state index contributed by atoms with van der Waals surface area (Å²) in [5.74, 6) is 0.693. The van der Waals surface area contributed by atoms with E-state index in [2.05, 4.69) is 0 Å². The summed E-state index contributed by atoms with van der Waals surface area (Å²) in [7, 11) is 3.59. The minimum atomic E-state index is -0.0318. The number of rotatable bonds is 3. The zero-order valence-corrected chi connectivity index (χ0v) is 14.1. The number of hydrogen-bond donors (Lipinski definition) is 0. The predicted octanol–water partition coefficient (Wildman–Crippen LogP) is 4.25. The molecule has 0 saturated heterocycles. The molecule has 2 aromatic carbocycles. The molecule has 0 saturated carbocycles. The zero-order chi connectivity index (χ0) is 17.4. The minimum Gasteiger partial charge on any atom is -0.497 e. The third-order valence-electron chi connectivity index (χ3n) is 4.46. The number of ether oxygens (including phenoxy) is 1. The first-order valence-electron chi connectivity index (χ1n) is 8.10. The zero-order valence-electron chi connectivity index (χ0n) is 14.1. The van der Waals surface area contributed by atoms with Crippen molar-refractivity contribution in [2.45, 2.75) is 0 Å². The van der Waals surface area contributed by atoms with Crippen molar-refractivity contribution < 1.29 is 9.53 Å². The van der Waals surface area contributed by atoms with Gasteiger partial charge in [0.1, 0.15) is 5.75 Å². The number of para-hydroxylation sites is 1. The monoisotopic (exact) mass is 330 g/mol. The molecular weight excluding hydrogens is 312 g/mol. The van der Waals surface area contributed by atoms with Gasteiger partial charge in [0, 0.05) is 30.6 Å². The SMILES string of the molecule is COc1cccc(N2C(=O)C(=Cc3cccn3C)c3ccccc32)c1. The second-order valence-electron chi connectivity index (χ2n) is 5.96. The molecule has 1 aliphatic rings. The van der Waals surface area contributed by atoms with Crippen molar-refractivity contribution in [3.8, 4) is 5.75 Å². The number of carbonyl (C=O) groups is 1. The second-order valence-corrected chi connectivity index (χ2v) is 5.96. The third kappa shape index (κ3) is 2.52. The molecule has 1 amide bonds. The number of fused-ring (bicyclic) bond motifs is 1. The van der Waals surface area contributed by atoms with Crippen LogP contribution in [0.2, 0.25) is 0 Å². The topological polar surface area (TPSA) is 34.5 Å². The Kier molecular flexibility index (Phi) is 3.65. The maximum absolute atomic E-state index is 13.2. The Morgan fingerprint density at radius 2 is 1.84 bits per heavy atom. The normalized spacial score (nSPS) is 14.9. The van der Waals surface area contributed by atoms with Crippen LogP contribution >= 0.6 is 0 Å². The fraction of sp³-hybridized carbons (Fsp3) is 0.0952. The lowest BCUT2D eigenvalue weighted by Crippen LogP contribution is -2.20. The van der Waals surface area contributed by atoms with Crippen molar-refractivity contribution in [1.82, 2.24) is 4.57 Å². The van der Waals surface area contributed by atoms with Crippen LogP contribution in [-0.4, -0.2) is 17.6 Å². The number of carbonyl (C=O) groups excluding carboxylic acids is 1. The first-order chi connectivity index (χ1) is 12.2. The van der Waals surface area contributed by atoms with Crippen LogP contribution < -0.4 is 9.64 Å². The summed E-state index contributed by atoms with van der Waals surface area (Å²) in [5, 5.41) is 0. The smallest absolute Gasteiger partial charge is 0.263 e. The Morgan fingerprint density at radius 3 is 2.60 bits per heavy atom. The van der Waals surface area contributed by atoms with E-state index in [-0.39, 0.29) is 5.91 Å². The first-order valence-corrected chi connectivity index (χ1v) is 8.10. The average Bonchev–Trinajstić information content (AvgIpc) is 3.17. The lowest BCUT2D eigenvalue weighted by atomic mass is 10.1. The molecule has 4 nitrogen and oxygen atoms in total. The molecule has 124 valence electrons. The molecule has 25 heavy (non-hydrogen) atoms. The van der Waals surface area contributed by atoms with E-state index in [9.17, 15) is 4.79 Å². The molecule has 2 heterocycles. The number of benzene rings is 2. The Morgan fingerprint density at radius 1 is 1.00 bits per heavy atom. The number of aryl methyl sites for hydroxylation is 1. The molecule has 4 heteroatoms. The quantitative estimate of drug-likeness (QED) is 0.673. The largest absolute Gasteiger partial charge is 0.497 e. The first kappa shape index (κ1) is 15.3. The van der Waals surface area contributed by atoms with Crippen LogP contribution in [0.15, 0.2) is 66.9 Å². The standard InChI is InChI=1S/C21H18N2O2/c1-22-12-6-8-15(22)14-19-18-10-3-4-11-20(18)23(21(19)24)16-7-5-9-17(13-16)25-2/h3-14H,1-2H3. The highest BCUT2D eigenvalue weighted by atomic mass is 16.5. The van der Waals surface area contributed by atoms with Gasteiger partial charge in [-0.1, -0.05) is 24.3 Å². The number of anilines is 2. The minimum absolute atomic E-state index is 0.0318. The molecular formula is C21H18N2O2. The summed E-state index contributed by atoms with van der Waals surface area (Å²) in [6.07, 6.45) is 3.92. The molecule has 4 rings (SSSR count). The van der Waals surface area contributed by atoms with Gasteiger partial charge in [-0.25, -0.2) is 0 Å². The van der Waals surface area contributed by atoms with Gasteiger partial charge in [-0.2, -0.15) is 0 Å². The lowest BCUT2D eigenvalue weighted by molar-refractivity contribution is -0.112. The Hall–Kier alpha value is -3.27. The highest BCUT2D eigenvalue weighted by Crippen LogP contribution is 2.42. The van der Waals surface area contributed by atoms with Gasteiger partial charge in [-0.15, -0.1) is 0 Å². The van der Waals surface area contributed by atoms with Crippen LogP contribution in [0.4, 0.5) is 11.4 Å². The Labute approximate surface area is 146 Å². The second kappa shape index (κ2) is 5.98. The predicted molar refractivity (Wildman–Crippen MR) is 99.9 cm³/mol. The van der Waals surface area contributed by atoms with Gasteiger partial charge in [-0.3, -0.25) is 9.69 Å². The van der Waals surface area contributed by atoms with Crippen molar-refractivity contribution in [3.05, 3.63) is 78.1 Å². The summed E-state index contributed by atoms with van der Waals surface area (Å²) < 4.78 is 7.31. The molecule has 0 atom stereocenters. The molecule has 0 fully saturated rings. The fourth-order valence-corrected chi connectivity index (χ4v) is 3.16. The van der Waals surface area contributed by atoms with E-state index in [1.807, 2.05) is 84.6 Å². The van der Waals surface area contributed by atoms with Gasteiger partial charge < -0.3 is 9.30 Å². The number of nitrogens with zero attached hydrogens (tertiary/aromatic N) is 2. The van der Waals surface area contributed by atoms with Crippen LogP contribution in [0.1, 0.15) is 11.3 Å². The molecule has 0 spiro atoms. The molecule has 3 aromatic rings. The van der Waals surface area contributed by atoms with Crippen LogP contribution in [0.5, 0.6) is 5.75 Å². The van der Waals surface area contributed by atoms with Crippen LogP contribution in [0.3, 0.4) is 0 Å². The summed E-state index contributed by atoms with van der Waals surface area (Å²) >= 11 is 0. The molecule has 1 aromatic heterocycles. The number of amides is 1. The fourth-order valence-electron chi connectivity index (χ4n) is 3.16. The van der Waals surface area contributed by atoms with Gasteiger partial charge in [0.25, 0.3) is 5.91 Å². The molecule has 0 N–H and O–H groups in total. The maximum atomic E-state index is 13.2. The molecule has 1 aliphatic heterocycles. The van der Waals surface area contributed by atoms with E-state index in [4.69, 9.17) is 4.74 Å². The summed E-state index contributed by atoms with van der Waals surface area (Å²) in [5.41, 5.74) is 4.32. The van der Waals surface area contributed by atoms with Gasteiger partial charge in [0.2, 0.25) is 0 Å². The van der Waals surface area contributed by atoms with E-state index in [0.717, 1.165) is 28.4 Å². The molecule has 0 radical (unpaired) electrons. The summed E-state index contributed by atoms with van der Waals surface area (Å²) in [6, 6.07) is 19.4. The molecule has 0 unspecified atom stereocenters. The lowest BCUT2D eigenvalue weighted by Gasteiger charge is -2.17. The van der Waals surface area contributed by atoms with Crippen LogP contribution in [-0.2, 0) is 11.8 Å². The highest BCUT2D eigenvalue weighted by Gasteiger charge is 2.33. The van der Waals surface area contributed by atoms with Crippen molar-refractivity contribution in [3.63, 3.8) is 0 Å². The van der Waals surface area contributed by atoms with E-state index >= 15 is 0 Å². The Balaban J connectivity index is 1.87. The average molecular weight is 330 g/mol. The molecule has 0 bridgehead atoms. The van der Waals surface area contributed by atoms with Crippen molar-refractivity contribution >= 4 is 28.9 Å². The number of hydrogen-bond acceptors (Lipinski definition) is 2.